The number of carbonyl (C=O) groups is 1. The molecule has 1 atom stereocenters. The molecule has 0 radical (unpaired) electrons. The number of hydrogen-bond donors (Lipinski definition) is 1. The van der Waals surface area contributed by atoms with Gasteiger partial charge in [0.25, 0.3) is 0 Å². The van der Waals surface area contributed by atoms with E-state index in [1.165, 1.54) is 14.0 Å². The minimum Gasteiger partial charge on any atom is -0.493 e. The van der Waals surface area contributed by atoms with Gasteiger partial charge in [-0.05, 0) is 43.3 Å². The topological polar surface area (TPSA) is 68.1 Å². The fourth-order valence-corrected chi connectivity index (χ4v) is 1.95. The molecule has 6 heteroatoms. The number of halogens is 1. The van der Waals surface area contributed by atoms with Crippen LogP contribution >= 0.6 is 11.6 Å². The van der Waals surface area contributed by atoms with Gasteiger partial charge < -0.3 is 14.6 Å². The zero-order chi connectivity index (χ0) is 16.8. The lowest BCUT2D eigenvalue weighted by Crippen LogP contribution is -2.23. The third-order valence-corrected chi connectivity index (χ3v) is 3.30. The second-order valence-electron chi connectivity index (χ2n) is 4.71. The second-order valence-corrected chi connectivity index (χ2v) is 5.15. The Hall–Kier alpha value is -2.53. The van der Waals surface area contributed by atoms with E-state index >= 15 is 0 Å². The number of hydrogen-bond acceptors (Lipinski definition) is 4. The number of methoxy groups -OCH3 is 1. The number of para-hydroxylation sites is 1. The zero-order valence-corrected chi connectivity index (χ0v) is 13.4. The molecule has 2 aromatic carbocycles. The minimum absolute atomic E-state index is 0.336. The van der Waals surface area contributed by atoms with Gasteiger partial charge in [-0.25, -0.2) is 4.79 Å². The monoisotopic (exact) mass is 333 g/mol. The first-order valence-corrected chi connectivity index (χ1v) is 7.25. The van der Waals surface area contributed by atoms with Crippen LogP contribution in [0.3, 0.4) is 0 Å². The summed E-state index contributed by atoms with van der Waals surface area (Å²) in [5.41, 5.74) is 1.34. The van der Waals surface area contributed by atoms with Gasteiger partial charge in [0.05, 0.1) is 12.8 Å². The number of carboxylic acid groups (broad SMARTS) is 1. The summed E-state index contributed by atoms with van der Waals surface area (Å²) in [5.74, 6) is -0.280. The first-order chi connectivity index (χ1) is 11.0. The normalized spacial score (nSPS) is 12.1. The summed E-state index contributed by atoms with van der Waals surface area (Å²) in [6.07, 6.45) is 0.587. The number of benzene rings is 2. The molecule has 2 aromatic rings. The third kappa shape index (κ3) is 4.47. The molecule has 2 rings (SSSR count). The van der Waals surface area contributed by atoms with E-state index < -0.39 is 12.1 Å². The minimum atomic E-state index is -1.06. The largest absolute Gasteiger partial charge is 0.493 e. The van der Waals surface area contributed by atoms with Crippen molar-refractivity contribution in [2.75, 3.05) is 7.11 Å². The van der Waals surface area contributed by atoms with E-state index in [0.29, 0.717) is 22.1 Å². The molecule has 23 heavy (non-hydrogen) atoms. The second kappa shape index (κ2) is 7.65. The van der Waals surface area contributed by atoms with Gasteiger partial charge in [0.2, 0.25) is 0 Å². The molecule has 0 saturated carbocycles. The lowest BCUT2D eigenvalue weighted by molar-refractivity contribution is -0.144. The third-order valence-electron chi connectivity index (χ3n) is 3.05. The highest BCUT2D eigenvalue weighted by molar-refractivity contribution is 6.30. The summed E-state index contributed by atoms with van der Waals surface area (Å²) in [5, 5.41) is 9.65. The van der Waals surface area contributed by atoms with Gasteiger partial charge in [-0.15, -0.1) is 0 Å². The molecule has 0 aromatic heterocycles. The maximum atomic E-state index is 11.0. The molecule has 0 aliphatic heterocycles. The fourth-order valence-electron chi connectivity index (χ4n) is 1.82. The van der Waals surface area contributed by atoms with Crippen LogP contribution in [0.5, 0.6) is 11.5 Å². The van der Waals surface area contributed by atoms with Crippen LogP contribution in [-0.4, -0.2) is 30.5 Å². The molecule has 0 saturated heterocycles. The maximum Gasteiger partial charge on any atom is 0.344 e. The van der Waals surface area contributed by atoms with Crippen molar-refractivity contribution in [1.29, 1.82) is 0 Å². The number of aliphatic imine (C=N–C) groups is 1. The summed E-state index contributed by atoms with van der Waals surface area (Å²) >= 11 is 5.84. The molecule has 5 nitrogen and oxygen atoms in total. The van der Waals surface area contributed by atoms with Gasteiger partial charge >= 0.3 is 5.97 Å². The number of ether oxygens (including phenoxy) is 2. The Morgan fingerprint density at radius 3 is 2.57 bits per heavy atom. The lowest BCUT2D eigenvalue weighted by Gasteiger charge is -2.15. The van der Waals surface area contributed by atoms with Crippen molar-refractivity contribution in [2.45, 2.75) is 13.0 Å². The predicted octanol–water partition coefficient (Wildman–Crippen LogP) is 3.95. The van der Waals surface area contributed by atoms with E-state index in [2.05, 4.69) is 4.99 Å². The van der Waals surface area contributed by atoms with Crippen molar-refractivity contribution in [3.05, 3.63) is 53.1 Å². The summed E-state index contributed by atoms with van der Waals surface area (Å²) in [7, 11) is 1.49. The van der Waals surface area contributed by atoms with Crippen molar-refractivity contribution in [1.82, 2.24) is 0 Å². The molecular weight excluding hydrogens is 318 g/mol. The van der Waals surface area contributed by atoms with Gasteiger partial charge in [-0.3, -0.25) is 4.99 Å². The first-order valence-electron chi connectivity index (χ1n) is 6.87. The molecule has 0 aliphatic rings. The van der Waals surface area contributed by atoms with Gasteiger partial charge in [0.1, 0.15) is 0 Å². The van der Waals surface area contributed by atoms with Crippen LogP contribution in [0.2, 0.25) is 5.02 Å². The molecule has 0 aliphatic carbocycles. The van der Waals surface area contributed by atoms with E-state index in [1.807, 2.05) is 0 Å². The molecule has 0 fully saturated rings. The maximum absolute atomic E-state index is 11.0. The highest BCUT2D eigenvalue weighted by Crippen LogP contribution is 2.31. The quantitative estimate of drug-likeness (QED) is 0.813. The van der Waals surface area contributed by atoms with Gasteiger partial charge in [-0.1, -0.05) is 17.7 Å². The Labute approximate surface area is 139 Å². The number of rotatable bonds is 6. The Bertz CT molecular complexity index is 713. The van der Waals surface area contributed by atoms with Crippen molar-refractivity contribution in [2.24, 2.45) is 4.99 Å². The summed E-state index contributed by atoms with van der Waals surface area (Å²) in [6.45, 7) is 1.45. The van der Waals surface area contributed by atoms with Crippen LogP contribution in [0.15, 0.2) is 47.5 Å². The van der Waals surface area contributed by atoms with Crippen molar-refractivity contribution in [3.8, 4) is 11.5 Å². The Morgan fingerprint density at radius 1 is 1.26 bits per heavy atom. The highest BCUT2D eigenvalue weighted by atomic mass is 35.5. The molecule has 0 heterocycles. The molecule has 120 valence electrons. The molecule has 0 amide bonds. The smallest absolute Gasteiger partial charge is 0.344 e. The van der Waals surface area contributed by atoms with Crippen molar-refractivity contribution in [3.63, 3.8) is 0 Å². The lowest BCUT2D eigenvalue weighted by atomic mass is 10.2. The number of carboxylic acids is 1. The van der Waals surface area contributed by atoms with E-state index in [0.717, 1.165) is 5.69 Å². The Balaban J connectivity index is 2.33. The molecule has 0 bridgehead atoms. The number of aliphatic carboxylic acids is 1. The standard InChI is InChI=1S/C17H16ClNO4/c1-11(17(20)21)23-16-12(4-3-5-15(16)22-2)10-19-14-8-6-13(18)7-9-14/h3-11H,1-2H3,(H,20,21)/t11-/m1/s1. The van der Waals surface area contributed by atoms with E-state index in [1.54, 1.807) is 48.7 Å². The van der Waals surface area contributed by atoms with Crippen LogP contribution in [0, 0.1) is 0 Å². The molecule has 0 spiro atoms. The zero-order valence-electron chi connectivity index (χ0n) is 12.7. The fraction of sp³-hybridized carbons (Fsp3) is 0.176. The van der Waals surface area contributed by atoms with Crippen LogP contribution in [-0.2, 0) is 4.79 Å². The summed E-state index contributed by atoms with van der Waals surface area (Å²) in [6, 6.07) is 12.3. The van der Waals surface area contributed by atoms with Gasteiger partial charge in [0.15, 0.2) is 17.6 Å². The van der Waals surface area contributed by atoms with Crippen LogP contribution in [0.1, 0.15) is 12.5 Å². The van der Waals surface area contributed by atoms with E-state index in [9.17, 15) is 4.79 Å². The van der Waals surface area contributed by atoms with Crippen LogP contribution in [0.4, 0.5) is 5.69 Å². The predicted molar refractivity (Wildman–Crippen MR) is 89.4 cm³/mol. The van der Waals surface area contributed by atoms with Gasteiger partial charge in [-0.2, -0.15) is 0 Å². The van der Waals surface area contributed by atoms with E-state index in [-0.39, 0.29) is 0 Å². The van der Waals surface area contributed by atoms with E-state index in [4.69, 9.17) is 26.2 Å². The SMILES string of the molecule is COc1cccc(C=Nc2ccc(Cl)cc2)c1O[C@H](C)C(=O)O. The van der Waals surface area contributed by atoms with Gasteiger partial charge in [0, 0.05) is 16.8 Å². The molecule has 1 N–H and O–H groups in total. The molecule has 0 unspecified atom stereocenters. The van der Waals surface area contributed by atoms with Crippen molar-refractivity contribution >= 4 is 29.5 Å². The Morgan fingerprint density at radius 2 is 1.96 bits per heavy atom. The average molecular weight is 334 g/mol. The number of nitrogens with zero attached hydrogens (tertiary/aromatic N) is 1. The van der Waals surface area contributed by atoms with Crippen molar-refractivity contribution < 1.29 is 19.4 Å². The average Bonchev–Trinajstić information content (AvgIpc) is 2.55. The Kier molecular flexibility index (Phi) is 5.60. The van der Waals surface area contributed by atoms with Crippen LogP contribution in [0.25, 0.3) is 0 Å². The first kappa shape index (κ1) is 16.8. The molecular formula is C17H16ClNO4. The van der Waals surface area contributed by atoms with Crippen LogP contribution < -0.4 is 9.47 Å². The summed E-state index contributed by atoms with van der Waals surface area (Å²) < 4.78 is 10.7. The summed E-state index contributed by atoms with van der Waals surface area (Å²) in [4.78, 5) is 15.4. The highest BCUT2D eigenvalue weighted by Gasteiger charge is 2.17.